The summed E-state index contributed by atoms with van der Waals surface area (Å²) in [6.07, 6.45) is 0.941. The number of halogens is 1. The van der Waals surface area contributed by atoms with Gasteiger partial charge in [-0.3, -0.25) is 4.99 Å². The second-order valence-corrected chi connectivity index (χ2v) is 9.90. The molecule has 176 valence electrons. The van der Waals surface area contributed by atoms with Crippen LogP contribution >= 0.6 is 11.6 Å². The number of nitrogens with zero attached hydrogens (tertiary/aromatic N) is 5. The van der Waals surface area contributed by atoms with Crippen molar-refractivity contribution in [3.8, 4) is 16.9 Å². The molecule has 1 aromatic heterocycles. The number of ether oxygens (including phenoxy) is 1. The lowest BCUT2D eigenvalue weighted by Crippen LogP contribution is -2.27. The second-order valence-electron chi connectivity index (χ2n) is 9.52. The van der Waals surface area contributed by atoms with E-state index in [4.69, 9.17) is 26.3 Å². The third kappa shape index (κ3) is 4.40. The number of hydrogen-bond acceptors (Lipinski definition) is 6. The van der Waals surface area contributed by atoms with Gasteiger partial charge in [0.2, 0.25) is 0 Å². The van der Waals surface area contributed by atoms with Crippen LogP contribution in [0.5, 0.6) is 5.75 Å². The highest BCUT2D eigenvalue weighted by molar-refractivity contribution is 6.33. The van der Waals surface area contributed by atoms with Gasteiger partial charge < -0.3 is 14.5 Å². The minimum atomic E-state index is 0.572. The fourth-order valence-electron chi connectivity index (χ4n) is 4.74. The van der Waals surface area contributed by atoms with Crippen LogP contribution in [0.25, 0.3) is 11.1 Å². The molecule has 0 radical (unpaired) electrons. The highest BCUT2D eigenvalue weighted by atomic mass is 35.5. The van der Waals surface area contributed by atoms with Gasteiger partial charge >= 0.3 is 0 Å². The molecular formula is C27H30ClN5O. The predicted molar refractivity (Wildman–Crippen MR) is 139 cm³/mol. The fourth-order valence-corrected chi connectivity index (χ4v) is 4.95. The van der Waals surface area contributed by atoms with Gasteiger partial charge in [0, 0.05) is 24.2 Å². The van der Waals surface area contributed by atoms with E-state index in [2.05, 4.69) is 59.0 Å². The van der Waals surface area contributed by atoms with E-state index in [-0.39, 0.29) is 0 Å². The number of hydrogen-bond donors (Lipinski definition) is 0. The van der Waals surface area contributed by atoms with Crippen molar-refractivity contribution in [3.05, 3.63) is 63.6 Å². The van der Waals surface area contributed by atoms with Crippen LogP contribution in [-0.4, -0.2) is 47.8 Å². The van der Waals surface area contributed by atoms with Crippen molar-refractivity contribution in [3.63, 3.8) is 0 Å². The molecule has 0 bridgehead atoms. The van der Waals surface area contributed by atoms with Gasteiger partial charge in [-0.1, -0.05) is 23.7 Å². The zero-order valence-electron chi connectivity index (χ0n) is 20.4. The van der Waals surface area contributed by atoms with Crippen LogP contribution < -0.4 is 9.64 Å². The van der Waals surface area contributed by atoms with Crippen molar-refractivity contribution in [1.29, 1.82) is 0 Å². The van der Waals surface area contributed by atoms with E-state index in [9.17, 15) is 0 Å². The molecular weight excluding hydrogens is 446 g/mol. The monoisotopic (exact) mass is 475 g/mol. The topological polar surface area (TPSA) is 53.9 Å². The first-order valence-corrected chi connectivity index (χ1v) is 12.0. The maximum atomic E-state index is 6.71. The minimum absolute atomic E-state index is 0.572. The van der Waals surface area contributed by atoms with Crippen LogP contribution in [0.15, 0.2) is 35.3 Å². The van der Waals surface area contributed by atoms with Gasteiger partial charge in [0.15, 0.2) is 5.82 Å². The molecule has 0 fully saturated rings. The molecule has 0 saturated carbocycles. The summed E-state index contributed by atoms with van der Waals surface area (Å²) in [5.74, 6) is 2.50. The number of aryl methyl sites for hydroxylation is 2. The summed E-state index contributed by atoms with van der Waals surface area (Å²) in [6, 6.07) is 11.0. The lowest BCUT2D eigenvalue weighted by atomic mass is 9.97. The second kappa shape index (κ2) is 9.01. The lowest BCUT2D eigenvalue weighted by Gasteiger charge is -2.24. The Hall–Kier alpha value is -2.96. The first-order chi connectivity index (χ1) is 16.3. The summed E-state index contributed by atoms with van der Waals surface area (Å²) in [5.41, 5.74) is 8.95. The third-order valence-corrected chi connectivity index (χ3v) is 6.74. The zero-order valence-corrected chi connectivity index (χ0v) is 21.2. The van der Waals surface area contributed by atoms with Gasteiger partial charge in [0.05, 0.1) is 24.5 Å². The van der Waals surface area contributed by atoms with Gasteiger partial charge in [-0.05, 0) is 75.3 Å². The molecule has 0 N–H and O–H groups in total. The summed E-state index contributed by atoms with van der Waals surface area (Å²) in [7, 11) is 4.03. The van der Waals surface area contributed by atoms with Crippen LogP contribution in [0.3, 0.4) is 0 Å². The van der Waals surface area contributed by atoms with E-state index in [0.717, 1.165) is 46.3 Å². The molecule has 0 amide bonds. The van der Waals surface area contributed by atoms with E-state index in [0.29, 0.717) is 31.3 Å². The smallest absolute Gasteiger partial charge is 0.151 e. The molecule has 2 aliphatic heterocycles. The van der Waals surface area contributed by atoms with Crippen molar-refractivity contribution >= 4 is 28.8 Å². The Kier molecular flexibility index (Phi) is 6.04. The number of anilines is 1. The van der Waals surface area contributed by atoms with E-state index in [1.807, 2.05) is 21.0 Å². The van der Waals surface area contributed by atoms with Crippen LogP contribution in [-0.2, 0) is 19.5 Å². The van der Waals surface area contributed by atoms with Gasteiger partial charge in [0.25, 0.3) is 0 Å². The number of aliphatic imine (C=N–C) groups is 1. The molecule has 3 aromatic rings. The van der Waals surface area contributed by atoms with Crippen molar-refractivity contribution < 1.29 is 4.74 Å². The van der Waals surface area contributed by atoms with Crippen LogP contribution in [0, 0.1) is 13.8 Å². The zero-order chi connectivity index (χ0) is 24.0. The maximum absolute atomic E-state index is 6.71. The summed E-state index contributed by atoms with van der Waals surface area (Å²) >= 11 is 6.71. The average molecular weight is 476 g/mol. The van der Waals surface area contributed by atoms with Gasteiger partial charge in [-0.15, -0.1) is 0 Å². The van der Waals surface area contributed by atoms with Crippen molar-refractivity contribution in [2.45, 2.75) is 40.3 Å². The number of fused-ring (bicyclic) bond motifs is 2. The molecule has 2 aromatic carbocycles. The van der Waals surface area contributed by atoms with Crippen LogP contribution in [0.4, 0.5) is 11.5 Å². The summed E-state index contributed by atoms with van der Waals surface area (Å²) < 4.78 is 6.22. The Morgan fingerprint density at radius 2 is 1.85 bits per heavy atom. The molecule has 6 nitrogen and oxygen atoms in total. The Bertz CT molecular complexity index is 1300. The van der Waals surface area contributed by atoms with E-state index in [1.54, 1.807) is 0 Å². The van der Waals surface area contributed by atoms with Crippen molar-refractivity contribution in [1.82, 2.24) is 14.9 Å². The Morgan fingerprint density at radius 1 is 1.03 bits per heavy atom. The maximum Gasteiger partial charge on any atom is 0.151 e. The Morgan fingerprint density at radius 3 is 2.65 bits per heavy atom. The van der Waals surface area contributed by atoms with Crippen LogP contribution in [0.2, 0.25) is 5.02 Å². The average Bonchev–Trinajstić information content (AvgIpc) is 3.01. The van der Waals surface area contributed by atoms with Gasteiger partial charge in [-0.2, -0.15) is 0 Å². The molecule has 3 heterocycles. The summed E-state index contributed by atoms with van der Waals surface area (Å²) in [5, 5.41) is 0.602. The molecule has 0 aliphatic carbocycles. The molecule has 7 heteroatoms. The van der Waals surface area contributed by atoms with E-state index < -0.39 is 0 Å². The van der Waals surface area contributed by atoms with Crippen molar-refractivity contribution in [2.24, 2.45) is 4.99 Å². The predicted octanol–water partition coefficient (Wildman–Crippen LogP) is 5.52. The number of benzene rings is 2. The van der Waals surface area contributed by atoms with Crippen molar-refractivity contribution in [2.75, 3.05) is 32.1 Å². The lowest BCUT2D eigenvalue weighted by molar-refractivity contribution is 0.329. The third-order valence-electron chi connectivity index (χ3n) is 6.30. The SMILES string of the molecule is CC1=Nc2cc(-c3cc(C)c4c(c3)CN(c3nc(CN(C)C)nc(C)c3Cl)CCO4)ccc2C1. The molecule has 34 heavy (non-hydrogen) atoms. The number of rotatable bonds is 4. The summed E-state index contributed by atoms with van der Waals surface area (Å²) in [4.78, 5) is 18.4. The van der Waals surface area contributed by atoms with E-state index >= 15 is 0 Å². The molecule has 0 spiro atoms. The highest BCUT2D eigenvalue weighted by Gasteiger charge is 2.23. The van der Waals surface area contributed by atoms with Gasteiger partial charge in [0.1, 0.15) is 23.2 Å². The fraction of sp³-hybridized carbons (Fsp3) is 0.370. The van der Waals surface area contributed by atoms with Crippen LogP contribution in [0.1, 0.15) is 35.1 Å². The largest absolute Gasteiger partial charge is 0.491 e. The normalized spacial score (nSPS) is 15.0. The highest BCUT2D eigenvalue weighted by Crippen LogP contribution is 2.37. The first kappa shape index (κ1) is 22.8. The number of aromatic nitrogens is 2. The molecule has 2 aliphatic rings. The standard InChI is InChI=1S/C27H30ClN5O/c1-16-10-21(19-6-7-20-11-17(2)29-23(20)13-19)12-22-14-33(8-9-34-26(16)22)27-25(28)18(3)30-24(31-27)15-32(4)5/h6-7,10,12-13H,8-9,11,14-15H2,1-5H3. The molecule has 0 atom stereocenters. The summed E-state index contributed by atoms with van der Waals surface area (Å²) in [6.45, 7) is 8.75. The quantitative estimate of drug-likeness (QED) is 0.497. The molecule has 0 saturated heterocycles. The van der Waals surface area contributed by atoms with Gasteiger partial charge in [-0.25, -0.2) is 9.97 Å². The Balaban J connectivity index is 1.52. The Labute approximate surface area is 206 Å². The molecule has 0 unspecified atom stereocenters. The molecule has 5 rings (SSSR count). The first-order valence-electron chi connectivity index (χ1n) is 11.6. The minimum Gasteiger partial charge on any atom is -0.491 e. The van der Waals surface area contributed by atoms with E-state index in [1.165, 1.54) is 22.4 Å².